The lowest BCUT2D eigenvalue weighted by Crippen LogP contribution is -2.19. The third kappa shape index (κ3) is 2.84. The lowest BCUT2D eigenvalue weighted by molar-refractivity contribution is 0.292. The number of hydrogen-bond donors (Lipinski definition) is 0. The molecule has 0 aliphatic carbocycles. The molecule has 0 aromatic heterocycles. The van der Waals surface area contributed by atoms with E-state index >= 15 is 0 Å². The molecular weight excluding hydrogens is 242 g/mol. The first-order valence-electron chi connectivity index (χ1n) is 6.13. The molecule has 4 heteroatoms. The summed E-state index contributed by atoms with van der Waals surface area (Å²) in [5.41, 5.74) is 2.02. The fraction of sp³-hybridized carbons (Fsp3) is 0.467. The van der Waals surface area contributed by atoms with Crippen LogP contribution in [-0.2, 0) is 0 Å². The maximum absolute atomic E-state index is 5.54. The summed E-state index contributed by atoms with van der Waals surface area (Å²) in [6.45, 7) is 5.98. The predicted octanol–water partition coefficient (Wildman–Crippen LogP) is 2.98. The van der Waals surface area contributed by atoms with Gasteiger partial charge in [0.1, 0.15) is 0 Å². The van der Waals surface area contributed by atoms with Crippen molar-refractivity contribution >= 4 is 6.08 Å². The summed E-state index contributed by atoms with van der Waals surface area (Å²) in [4.78, 5) is 2.11. The van der Waals surface area contributed by atoms with E-state index < -0.39 is 0 Å². The molecule has 0 saturated carbocycles. The Morgan fingerprint density at radius 3 is 2.05 bits per heavy atom. The number of rotatable bonds is 6. The summed E-state index contributed by atoms with van der Waals surface area (Å²) in [6.07, 6.45) is 1.81. The highest BCUT2D eigenvalue weighted by Crippen LogP contribution is 2.45. The zero-order valence-corrected chi connectivity index (χ0v) is 12.6. The Balaban J connectivity index is 3.62. The van der Waals surface area contributed by atoms with Gasteiger partial charge in [-0.3, -0.25) is 0 Å². The van der Waals surface area contributed by atoms with E-state index in [-0.39, 0.29) is 6.04 Å². The van der Waals surface area contributed by atoms with Gasteiger partial charge in [0.05, 0.1) is 21.3 Å². The van der Waals surface area contributed by atoms with Crippen molar-refractivity contribution in [1.29, 1.82) is 0 Å². The maximum Gasteiger partial charge on any atom is 0.203 e. The van der Waals surface area contributed by atoms with Gasteiger partial charge in [-0.1, -0.05) is 12.7 Å². The highest BCUT2D eigenvalue weighted by molar-refractivity contribution is 5.67. The van der Waals surface area contributed by atoms with Gasteiger partial charge < -0.3 is 19.1 Å². The molecule has 4 nitrogen and oxygen atoms in total. The van der Waals surface area contributed by atoms with E-state index in [9.17, 15) is 0 Å². The molecule has 0 aliphatic heterocycles. The summed E-state index contributed by atoms with van der Waals surface area (Å²) in [5.74, 6) is 1.95. The SMILES string of the molecule is C=Cc1cc(OC)c(OC)c(OC)c1C(C)N(C)C. The smallest absolute Gasteiger partial charge is 0.203 e. The summed E-state index contributed by atoms with van der Waals surface area (Å²) >= 11 is 0. The van der Waals surface area contributed by atoms with Crippen LogP contribution in [0.25, 0.3) is 6.08 Å². The van der Waals surface area contributed by atoms with E-state index in [0.29, 0.717) is 17.2 Å². The molecule has 106 valence electrons. The Labute approximate surface area is 115 Å². The Hall–Kier alpha value is -1.68. The summed E-state index contributed by atoms with van der Waals surface area (Å²) in [6, 6.07) is 2.09. The van der Waals surface area contributed by atoms with Gasteiger partial charge in [0.25, 0.3) is 0 Å². The molecule has 0 aliphatic rings. The third-order valence-electron chi connectivity index (χ3n) is 3.31. The molecule has 0 amide bonds. The van der Waals surface area contributed by atoms with Crippen molar-refractivity contribution in [3.63, 3.8) is 0 Å². The molecule has 0 bridgehead atoms. The number of benzene rings is 1. The van der Waals surface area contributed by atoms with Crippen LogP contribution >= 0.6 is 0 Å². The van der Waals surface area contributed by atoms with Crippen molar-refractivity contribution in [3.8, 4) is 17.2 Å². The van der Waals surface area contributed by atoms with Gasteiger partial charge in [0.15, 0.2) is 11.5 Å². The number of ether oxygens (including phenoxy) is 3. The second-order valence-corrected chi connectivity index (χ2v) is 4.49. The zero-order chi connectivity index (χ0) is 14.6. The van der Waals surface area contributed by atoms with Crippen molar-refractivity contribution in [3.05, 3.63) is 23.8 Å². The van der Waals surface area contributed by atoms with E-state index in [1.54, 1.807) is 27.4 Å². The van der Waals surface area contributed by atoms with Crippen LogP contribution in [0.5, 0.6) is 17.2 Å². The number of nitrogens with zero attached hydrogens (tertiary/aromatic N) is 1. The Morgan fingerprint density at radius 1 is 1.11 bits per heavy atom. The minimum Gasteiger partial charge on any atom is -0.493 e. The molecule has 1 unspecified atom stereocenters. The molecule has 1 aromatic rings. The van der Waals surface area contributed by atoms with Crippen molar-refractivity contribution in [2.24, 2.45) is 0 Å². The van der Waals surface area contributed by atoms with Gasteiger partial charge in [-0.15, -0.1) is 0 Å². The first-order chi connectivity index (χ1) is 9.01. The van der Waals surface area contributed by atoms with Crippen LogP contribution in [0.2, 0.25) is 0 Å². The molecule has 0 radical (unpaired) electrons. The average Bonchev–Trinajstić information content (AvgIpc) is 2.43. The van der Waals surface area contributed by atoms with Gasteiger partial charge in [-0.25, -0.2) is 0 Å². The molecule has 0 N–H and O–H groups in total. The van der Waals surface area contributed by atoms with E-state index in [4.69, 9.17) is 14.2 Å². The van der Waals surface area contributed by atoms with Gasteiger partial charge in [-0.2, -0.15) is 0 Å². The molecule has 1 aromatic carbocycles. The van der Waals surface area contributed by atoms with Crippen LogP contribution < -0.4 is 14.2 Å². The largest absolute Gasteiger partial charge is 0.493 e. The minimum absolute atomic E-state index is 0.169. The molecule has 1 atom stereocenters. The van der Waals surface area contributed by atoms with Crippen LogP contribution in [0.3, 0.4) is 0 Å². The van der Waals surface area contributed by atoms with Crippen LogP contribution in [0, 0.1) is 0 Å². The molecular formula is C15H23NO3. The van der Waals surface area contributed by atoms with Crippen LogP contribution in [0.4, 0.5) is 0 Å². The summed E-state index contributed by atoms with van der Waals surface area (Å²) in [5, 5.41) is 0. The molecule has 0 fully saturated rings. The van der Waals surface area contributed by atoms with Crippen LogP contribution in [0.15, 0.2) is 12.6 Å². The lowest BCUT2D eigenvalue weighted by Gasteiger charge is -2.26. The summed E-state index contributed by atoms with van der Waals surface area (Å²) < 4.78 is 16.3. The predicted molar refractivity (Wildman–Crippen MR) is 78.3 cm³/mol. The number of methoxy groups -OCH3 is 3. The molecule has 0 heterocycles. The van der Waals surface area contributed by atoms with Gasteiger partial charge in [0, 0.05) is 11.6 Å². The fourth-order valence-corrected chi connectivity index (χ4v) is 2.06. The van der Waals surface area contributed by atoms with E-state index in [1.807, 2.05) is 20.2 Å². The van der Waals surface area contributed by atoms with Gasteiger partial charge >= 0.3 is 0 Å². The Kier molecular flexibility index (Phi) is 5.24. The standard InChI is InChI=1S/C15H23NO3/c1-8-11-9-12(17-5)14(18-6)15(19-7)13(11)10(2)16(3)4/h8-10H,1H2,2-7H3. The second-order valence-electron chi connectivity index (χ2n) is 4.49. The first-order valence-corrected chi connectivity index (χ1v) is 6.13. The third-order valence-corrected chi connectivity index (χ3v) is 3.31. The average molecular weight is 265 g/mol. The zero-order valence-electron chi connectivity index (χ0n) is 12.6. The topological polar surface area (TPSA) is 30.9 Å². The van der Waals surface area contributed by atoms with Crippen molar-refractivity contribution in [2.75, 3.05) is 35.4 Å². The van der Waals surface area contributed by atoms with Crippen molar-refractivity contribution < 1.29 is 14.2 Å². The Bertz CT molecular complexity index is 455. The fourth-order valence-electron chi connectivity index (χ4n) is 2.06. The van der Waals surface area contributed by atoms with E-state index in [2.05, 4.69) is 18.4 Å². The highest BCUT2D eigenvalue weighted by Gasteiger charge is 2.24. The second kappa shape index (κ2) is 6.48. The van der Waals surface area contributed by atoms with Gasteiger partial charge in [0.2, 0.25) is 5.75 Å². The quantitative estimate of drug-likeness (QED) is 0.791. The van der Waals surface area contributed by atoms with Crippen molar-refractivity contribution in [1.82, 2.24) is 4.90 Å². The first kappa shape index (κ1) is 15.4. The van der Waals surface area contributed by atoms with E-state index in [1.165, 1.54) is 0 Å². The molecule has 0 saturated heterocycles. The lowest BCUT2D eigenvalue weighted by atomic mass is 9.98. The molecule has 19 heavy (non-hydrogen) atoms. The monoisotopic (exact) mass is 265 g/mol. The maximum atomic E-state index is 5.54. The summed E-state index contributed by atoms with van der Waals surface area (Å²) in [7, 11) is 8.90. The van der Waals surface area contributed by atoms with E-state index in [0.717, 1.165) is 11.1 Å². The molecule has 1 rings (SSSR count). The van der Waals surface area contributed by atoms with Gasteiger partial charge in [-0.05, 0) is 32.6 Å². The van der Waals surface area contributed by atoms with Crippen LogP contribution in [0.1, 0.15) is 24.1 Å². The Morgan fingerprint density at radius 2 is 1.68 bits per heavy atom. The highest BCUT2D eigenvalue weighted by atomic mass is 16.5. The van der Waals surface area contributed by atoms with Crippen LogP contribution in [-0.4, -0.2) is 40.3 Å². The normalized spacial score (nSPS) is 12.2. The van der Waals surface area contributed by atoms with Crippen molar-refractivity contribution in [2.45, 2.75) is 13.0 Å². The molecule has 0 spiro atoms. The number of hydrogen-bond acceptors (Lipinski definition) is 4. The minimum atomic E-state index is 0.169.